The molecule has 108 valence electrons. The van der Waals surface area contributed by atoms with Gasteiger partial charge < -0.3 is 9.84 Å². The maximum Gasteiger partial charge on any atom is 0.421 e. The lowest BCUT2D eigenvalue weighted by Crippen LogP contribution is -2.40. The maximum atomic E-state index is 12.3. The number of carbonyl (C=O) groups excluding carboxylic acids is 2. The molecule has 0 fully saturated rings. The van der Waals surface area contributed by atoms with Crippen molar-refractivity contribution in [2.45, 2.75) is 45.6 Å². The number of hydrogen-bond donors (Lipinski definition) is 1. The summed E-state index contributed by atoms with van der Waals surface area (Å²) in [4.78, 5) is 25.4. The van der Waals surface area contributed by atoms with E-state index in [1.165, 1.54) is 6.07 Å². The van der Waals surface area contributed by atoms with E-state index in [0.29, 0.717) is 18.5 Å². The molecule has 0 atom stereocenters. The highest BCUT2D eigenvalue weighted by Crippen LogP contribution is 2.31. The van der Waals surface area contributed by atoms with Gasteiger partial charge in [0.15, 0.2) is 0 Å². The van der Waals surface area contributed by atoms with Gasteiger partial charge in [-0.25, -0.2) is 9.69 Å². The molecule has 0 saturated carbocycles. The summed E-state index contributed by atoms with van der Waals surface area (Å²) < 4.78 is 5.28. The van der Waals surface area contributed by atoms with Crippen molar-refractivity contribution >= 4 is 17.7 Å². The number of hydrogen-bond acceptors (Lipinski definition) is 4. The van der Waals surface area contributed by atoms with Crippen LogP contribution in [0.3, 0.4) is 0 Å². The maximum absolute atomic E-state index is 12.3. The third kappa shape index (κ3) is 3.10. The number of imide groups is 1. The number of benzene rings is 1. The number of anilines is 1. The SMILES string of the molecule is CC(C)(C)OC(=O)N1C(=O)CCCc2ccc(O)cc21. The first-order valence-corrected chi connectivity index (χ1v) is 6.66. The second-order valence-corrected chi connectivity index (χ2v) is 5.88. The van der Waals surface area contributed by atoms with Gasteiger partial charge in [0.25, 0.3) is 0 Å². The van der Waals surface area contributed by atoms with Crippen LogP contribution in [0.4, 0.5) is 10.5 Å². The fourth-order valence-corrected chi connectivity index (χ4v) is 2.16. The number of fused-ring (bicyclic) bond motifs is 1. The predicted octanol–water partition coefficient (Wildman–Crippen LogP) is 3.00. The number of nitrogens with zero attached hydrogens (tertiary/aromatic N) is 1. The Hall–Kier alpha value is -2.04. The molecule has 0 unspecified atom stereocenters. The van der Waals surface area contributed by atoms with Crippen molar-refractivity contribution in [2.75, 3.05) is 4.90 Å². The molecule has 2 rings (SSSR count). The van der Waals surface area contributed by atoms with Gasteiger partial charge in [-0.1, -0.05) is 6.07 Å². The molecule has 1 aliphatic heterocycles. The minimum Gasteiger partial charge on any atom is -0.508 e. The van der Waals surface area contributed by atoms with Crippen LogP contribution in [0.15, 0.2) is 18.2 Å². The van der Waals surface area contributed by atoms with Crippen molar-refractivity contribution in [1.29, 1.82) is 0 Å². The van der Waals surface area contributed by atoms with Gasteiger partial charge in [0.05, 0.1) is 5.69 Å². The third-order valence-corrected chi connectivity index (χ3v) is 2.97. The largest absolute Gasteiger partial charge is 0.508 e. The van der Waals surface area contributed by atoms with Crippen LogP contribution in [0.5, 0.6) is 5.75 Å². The Bertz CT molecular complexity index is 545. The van der Waals surface area contributed by atoms with E-state index in [1.54, 1.807) is 32.9 Å². The minimum atomic E-state index is -0.698. The smallest absolute Gasteiger partial charge is 0.421 e. The third-order valence-electron chi connectivity index (χ3n) is 2.97. The number of ether oxygens (including phenoxy) is 1. The predicted molar refractivity (Wildman–Crippen MR) is 74.8 cm³/mol. The first-order chi connectivity index (χ1) is 9.28. The Morgan fingerprint density at radius 3 is 2.65 bits per heavy atom. The zero-order valence-electron chi connectivity index (χ0n) is 12.0. The van der Waals surface area contributed by atoms with Gasteiger partial charge in [-0.15, -0.1) is 0 Å². The summed E-state index contributed by atoms with van der Waals surface area (Å²) in [5.74, 6) is -0.282. The van der Waals surface area contributed by atoms with Crippen molar-refractivity contribution in [1.82, 2.24) is 0 Å². The number of amides is 2. The molecule has 5 heteroatoms. The first-order valence-electron chi connectivity index (χ1n) is 6.66. The van der Waals surface area contributed by atoms with Crippen molar-refractivity contribution < 1.29 is 19.4 Å². The number of aryl methyl sites for hydroxylation is 1. The summed E-state index contributed by atoms with van der Waals surface area (Å²) in [6, 6.07) is 4.73. The van der Waals surface area contributed by atoms with Crippen LogP contribution in [-0.4, -0.2) is 22.7 Å². The quantitative estimate of drug-likeness (QED) is 0.791. The number of rotatable bonds is 0. The van der Waals surface area contributed by atoms with Gasteiger partial charge in [0.1, 0.15) is 11.4 Å². The van der Waals surface area contributed by atoms with Crippen molar-refractivity contribution in [2.24, 2.45) is 0 Å². The lowest BCUT2D eigenvalue weighted by Gasteiger charge is -2.26. The topological polar surface area (TPSA) is 66.8 Å². The molecule has 1 heterocycles. The molecule has 0 saturated heterocycles. The molecule has 5 nitrogen and oxygen atoms in total. The molecular formula is C15H19NO4. The molecule has 0 radical (unpaired) electrons. The zero-order valence-corrected chi connectivity index (χ0v) is 12.0. The molecule has 0 aromatic heterocycles. The summed E-state index contributed by atoms with van der Waals surface area (Å²) >= 11 is 0. The second kappa shape index (κ2) is 5.15. The lowest BCUT2D eigenvalue weighted by molar-refractivity contribution is -0.118. The van der Waals surface area contributed by atoms with Crippen molar-refractivity contribution in [3.05, 3.63) is 23.8 Å². The summed E-state index contributed by atoms with van der Waals surface area (Å²) in [6.45, 7) is 5.24. The van der Waals surface area contributed by atoms with Gasteiger partial charge >= 0.3 is 6.09 Å². The average molecular weight is 277 g/mol. The number of phenolic OH excluding ortho intramolecular Hbond substituents is 1. The van der Waals surface area contributed by atoms with E-state index in [9.17, 15) is 14.7 Å². The normalized spacial score (nSPS) is 15.6. The van der Waals surface area contributed by atoms with Crippen LogP contribution < -0.4 is 4.90 Å². The number of phenols is 1. The Morgan fingerprint density at radius 1 is 1.30 bits per heavy atom. The van der Waals surface area contributed by atoms with E-state index >= 15 is 0 Å². The number of carbonyl (C=O) groups is 2. The highest BCUT2D eigenvalue weighted by atomic mass is 16.6. The summed E-state index contributed by atoms with van der Waals surface area (Å²) in [5, 5.41) is 9.61. The monoisotopic (exact) mass is 277 g/mol. The highest BCUT2D eigenvalue weighted by molar-refractivity contribution is 6.13. The molecule has 2 amide bonds. The molecule has 0 aliphatic carbocycles. The average Bonchev–Trinajstić information content (AvgIpc) is 2.44. The van der Waals surface area contributed by atoms with Gasteiger partial charge in [-0.2, -0.15) is 0 Å². The van der Waals surface area contributed by atoms with E-state index in [0.717, 1.165) is 10.5 Å². The summed E-state index contributed by atoms with van der Waals surface area (Å²) in [7, 11) is 0. The van der Waals surface area contributed by atoms with Gasteiger partial charge in [-0.3, -0.25) is 4.79 Å². The molecule has 1 N–H and O–H groups in total. The van der Waals surface area contributed by atoms with Crippen LogP contribution in [0, 0.1) is 0 Å². The Kier molecular flexibility index (Phi) is 3.70. The molecule has 0 bridgehead atoms. The standard InChI is InChI=1S/C15H19NO4/c1-15(2,3)20-14(19)16-12-9-11(17)8-7-10(12)5-4-6-13(16)18/h7-9,17H,4-6H2,1-3H3. The van der Waals surface area contributed by atoms with Crippen LogP contribution in [0.25, 0.3) is 0 Å². The minimum absolute atomic E-state index is 0.0204. The second-order valence-electron chi connectivity index (χ2n) is 5.88. The van der Waals surface area contributed by atoms with Crippen LogP contribution in [-0.2, 0) is 16.0 Å². The fourth-order valence-electron chi connectivity index (χ4n) is 2.16. The van der Waals surface area contributed by atoms with E-state index in [4.69, 9.17) is 4.74 Å². The fraction of sp³-hybridized carbons (Fsp3) is 0.467. The summed E-state index contributed by atoms with van der Waals surface area (Å²) in [5.41, 5.74) is 0.599. The van der Waals surface area contributed by atoms with Gasteiger partial charge in [0, 0.05) is 12.5 Å². The lowest BCUT2D eigenvalue weighted by atomic mass is 10.1. The van der Waals surface area contributed by atoms with Gasteiger partial charge in [0.2, 0.25) is 5.91 Å². The summed E-state index contributed by atoms with van der Waals surface area (Å²) in [6.07, 6.45) is 0.960. The van der Waals surface area contributed by atoms with Crippen molar-refractivity contribution in [3.63, 3.8) is 0 Å². The van der Waals surface area contributed by atoms with Crippen LogP contribution in [0.1, 0.15) is 39.2 Å². The zero-order chi connectivity index (χ0) is 14.9. The van der Waals surface area contributed by atoms with E-state index in [2.05, 4.69) is 0 Å². The van der Waals surface area contributed by atoms with Gasteiger partial charge in [-0.05, 0) is 45.2 Å². The molecule has 1 aliphatic rings. The molecular weight excluding hydrogens is 258 g/mol. The molecule has 1 aromatic rings. The Morgan fingerprint density at radius 2 is 2.00 bits per heavy atom. The van der Waals surface area contributed by atoms with Crippen molar-refractivity contribution in [3.8, 4) is 5.75 Å². The van der Waals surface area contributed by atoms with Crippen LogP contribution >= 0.6 is 0 Å². The molecule has 0 spiro atoms. The number of aromatic hydroxyl groups is 1. The van der Waals surface area contributed by atoms with E-state index in [1.807, 2.05) is 0 Å². The first kappa shape index (κ1) is 14.4. The highest BCUT2D eigenvalue weighted by Gasteiger charge is 2.31. The Balaban J connectivity index is 2.42. The molecule has 1 aromatic carbocycles. The van der Waals surface area contributed by atoms with E-state index < -0.39 is 11.7 Å². The van der Waals surface area contributed by atoms with E-state index in [-0.39, 0.29) is 18.1 Å². The molecule has 20 heavy (non-hydrogen) atoms. The Labute approximate surface area is 118 Å². The van der Waals surface area contributed by atoms with Crippen LogP contribution in [0.2, 0.25) is 0 Å².